The van der Waals surface area contributed by atoms with E-state index in [-0.39, 0.29) is 11.3 Å². The summed E-state index contributed by atoms with van der Waals surface area (Å²) in [6, 6.07) is 0. The van der Waals surface area contributed by atoms with Crippen LogP contribution in [-0.2, 0) is 4.74 Å². The summed E-state index contributed by atoms with van der Waals surface area (Å²) in [4.78, 5) is 0. The van der Waals surface area contributed by atoms with Crippen molar-refractivity contribution in [2.24, 2.45) is 0 Å². The van der Waals surface area contributed by atoms with Gasteiger partial charge in [0.1, 0.15) is 5.22 Å². The largest absolute Gasteiger partial charge is 0.390 e. The van der Waals surface area contributed by atoms with Gasteiger partial charge in [-0.3, -0.25) is 0 Å². The van der Waals surface area contributed by atoms with Crippen molar-refractivity contribution < 1.29 is 9.84 Å². The van der Waals surface area contributed by atoms with Crippen LogP contribution in [0.4, 0.5) is 0 Å². The molecular weight excluding hydrogens is 180 g/mol. The number of hydrogen-bond acceptors (Lipinski definition) is 2. The Labute approximate surface area is 82.3 Å². The van der Waals surface area contributed by atoms with E-state index in [0.717, 1.165) is 25.9 Å². The predicted molar refractivity (Wildman–Crippen MR) is 57.6 cm³/mol. The summed E-state index contributed by atoms with van der Waals surface area (Å²) in [6.45, 7) is 9.76. The molecular formula is C10H22O2Si. The summed E-state index contributed by atoms with van der Waals surface area (Å²) in [5, 5.41) is 9.91. The van der Waals surface area contributed by atoms with E-state index in [1.54, 1.807) is 0 Å². The van der Waals surface area contributed by atoms with Crippen molar-refractivity contribution in [2.45, 2.75) is 57.2 Å². The highest BCUT2D eigenvalue weighted by Gasteiger charge is 2.59. The molecule has 1 aliphatic heterocycles. The average molecular weight is 202 g/mol. The van der Waals surface area contributed by atoms with Gasteiger partial charge in [-0.15, -0.1) is 0 Å². The molecule has 0 aromatic rings. The summed E-state index contributed by atoms with van der Waals surface area (Å²) in [5.41, 5.74) is 0. The molecule has 2 nitrogen and oxygen atoms in total. The molecule has 0 amide bonds. The molecule has 2 atom stereocenters. The van der Waals surface area contributed by atoms with E-state index < -0.39 is 8.07 Å². The Morgan fingerprint density at radius 2 is 2.00 bits per heavy atom. The Balaban J connectivity index is 2.50. The first-order valence-electron chi connectivity index (χ1n) is 5.26. The van der Waals surface area contributed by atoms with E-state index in [1.165, 1.54) is 0 Å². The molecule has 1 rings (SSSR count). The molecule has 13 heavy (non-hydrogen) atoms. The van der Waals surface area contributed by atoms with Gasteiger partial charge in [-0.1, -0.05) is 39.4 Å². The minimum atomic E-state index is -1.36. The monoisotopic (exact) mass is 202 g/mol. The SMILES string of the molecule is CCCC[C@H](O)[C@@]1([Si](C)(C)C)CO1. The third kappa shape index (κ3) is 2.14. The summed E-state index contributed by atoms with van der Waals surface area (Å²) in [5.74, 6) is 0. The molecule has 1 N–H and O–H groups in total. The normalized spacial score (nSPS) is 30.2. The van der Waals surface area contributed by atoms with Gasteiger partial charge in [-0.05, 0) is 6.42 Å². The number of ether oxygens (including phenoxy) is 1. The lowest BCUT2D eigenvalue weighted by molar-refractivity contribution is 0.100. The molecule has 0 aliphatic carbocycles. The van der Waals surface area contributed by atoms with Gasteiger partial charge < -0.3 is 9.84 Å². The highest BCUT2D eigenvalue weighted by atomic mass is 28.3. The molecule has 78 valence electrons. The number of hydrogen-bond donors (Lipinski definition) is 1. The summed E-state index contributed by atoms with van der Waals surface area (Å²) < 4.78 is 5.53. The average Bonchev–Trinajstić information content (AvgIpc) is 2.78. The molecule has 0 unspecified atom stereocenters. The van der Waals surface area contributed by atoms with Gasteiger partial charge in [-0.25, -0.2) is 0 Å². The lowest BCUT2D eigenvalue weighted by Gasteiger charge is -2.29. The zero-order chi connectivity index (χ0) is 10.1. The van der Waals surface area contributed by atoms with Crippen molar-refractivity contribution >= 4 is 8.07 Å². The maximum absolute atomic E-state index is 10.0. The van der Waals surface area contributed by atoms with Gasteiger partial charge in [0.15, 0.2) is 0 Å². The van der Waals surface area contributed by atoms with Crippen LogP contribution in [0, 0.1) is 0 Å². The van der Waals surface area contributed by atoms with E-state index in [2.05, 4.69) is 26.6 Å². The first-order valence-corrected chi connectivity index (χ1v) is 8.76. The van der Waals surface area contributed by atoms with Crippen LogP contribution in [0.25, 0.3) is 0 Å². The maximum atomic E-state index is 10.0. The molecule has 0 spiro atoms. The second-order valence-electron chi connectivity index (χ2n) is 5.09. The molecule has 0 bridgehead atoms. The Kier molecular flexibility index (Phi) is 3.20. The number of rotatable bonds is 5. The Morgan fingerprint density at radius 1 is 1.46 bits per heavy atom. The van der Waals surface area contributed by atoms with Crippen LogP contribution >= 0.6 is 0 Å². The second kappa shape index (κ2) is 3.71. The van der Waals surface area contributed by atoms with Gasteiger partial charge >= 0.3 is 0 Å². The van der Waals surface area contributed by atoms with Gasteiger partial charge in [0.25, 0.3) is 0 Å². The minimum Gasteiger partial charge on any atom is -0.390 e. The number of aliphatic hydroxyl groups excluding tert-OH is 1. The fraction of sp³-hybridized carbons (Fsp3) is 1.00. The van der Waals surface area contributed by atoms with Crippen LogP contribution in [0.5, 0.6) is 0 Å². The van der Waals surface area contributed by atoms with Crippen LogP contribution in [0.3, 0.4) is 0 Å². The van der Waals surface area contributed by atoms with Crippen molar-refractivity contribution in [1.82, 2.24) is 0 Å². The van der Waals surface area contributed by atoms with E-state index >= 15 is 0 Å². The lowest BCUT2D eigenvalue weighted by atomic mass is 10.1. The third-order valence-electron chi connectivity index (χ3n) is 3.09. The smallest absolute Gasteiger partial charge is 0.106 e. The Bertz CT molecular complexity index is 170. The number of aliphatic hydroxyl groups is 1. The lowest BCUT2D eigenvalue weighted by Crippen LogP contribution is -2.50. The van der Waals surface area contributed by atoms with Gasteiger partial charge in [-0.2, -0.15) is 0 Å². The summed E-state index contributed by atoms with van der Waals surface area (Å²) in [6.07, 6.45) is 2.94. The summed E-state index contributed by atoms with van der Waals surface area (Å²) >= 11 is 0. The number of unbranched alkanes of at least 4 members (excludes halogenated alkanes) is 1. The quantitative estimate of drug-likeness (QED) is 0.547. The Morgan fingerprint density at radius 3 is 2.31 bits per heavy atom. The van der Waals surface area contributed by atoms with Gasteiger partial charge in [0, 0.05) is 0 Å². The highest BCUT2D eigenvalue weighted by molar-refractivity contribution is 6.79. The van der Waals surface area contributed by atoms with Gasteiger partial charge in [0.05, 0.1) is 20.8 Å². The minimum absolute atomic E-state index is 0.109. The molecule has 1 aliphatic rings. The van der Waals surface area contributed by atoms with Crippen molar-refractivity contribution in [3.63, 3.8) is 0 Å². The predicted octanol–water partition coefficient (Wildman–Crippen LogP) is 2.18. The van der Waals surface area contributed by atoms with E-state index in [1.807, 2.05) is 0 Å². The van der Waals surface area contributed by atoms with Crippen molar-refractivity contribution in [3.05, 3.63) is 0 Å². The van der Waals surface area contributed by atoms with Crippen LogP contribution in [0.1, 0.15) is 26.2 Å². The second-order valence-corrected chi connectivity index (χ2v) is 10.4. The van der Waals surface area contributed by atoms with Crippen molar-refractivity contribution in [3.8, 4) is 0 Å². The third-order valence-corrected chi connectivity index (χ3v) is 6.26. The maximum Gasteiger partial charge on any atom is 0.106 e. The molecule has 1 heterocycles. The molecule has 0 radical (unpaired) electrons. The first-order chi connectivity index (χ1) is 5.94. The highest BCUT2D eigenvalue weighted by Crippen LogP contribution is 2.41. The van der Waals surface area contributed by atoms with E-state index in [4.69, 9.17) is 4.74 Å². The van der Waals surface area contributed by atoms with E-state index in [0.29, 0.717) is 0 Å². The molecule has 0 aromatic carbocycles. The zero-order valence-electron chi connectivity index (χ0n) is 9.26. The van der Waals surface area contributed by atoms with Crippen LogP contribution < -0.4 is 0 Å². The molecule has 0 saturated carbocycles. The van der Waals surface area contributed by atoms with Gasteiger partial charge in [0.2, 0.25) is 0 Å². The molecule has 0 aromatic heterocycles. The van der Waals surface area contributed by atoms with Crippen LogP contribution in [-0.4, -0.2) is 31.1 Å². The fourth-order valence-electron chi connectivity index (χ4n) is 1.83. The molecule has 1 fully saturated rings. The van der Waals surface area contributed by atoms with Crippen LogP contribution in [0.2, 0.25) is 19.6 Å². The Hall–Kier alpha value is 0.137. The zero-order valence-corrected chi connectivity index (χ0v) is 10.3. The van der Waals surface area contributed by atoms with Crippen molar-refractivity contribution in [1.29, 1.82) is 0 Å². The van der Waals surface area contributed by atoms with Crippen LogP contribution in [0.15, 0.2) is 0 Å². The van der Waals surface area contributed by atoms with Crippen molar-refractivity contribution in [2.75, 3.05) is 6.61 Å². The molecule has 1 saturated heterocycles. The standard InChI is InChI=1S/C10H22O2Si/c1-5-6-7-9(11)10(8-12-10)13(2,3)4/h9,11H,5-8H2,1-4H3/t9-,10-/m0/s1. The fourth-order valence-corrected chi connectivity index (χ4v) is 3.92. The topological polar surface area (TPSA) is 32.8 Å². The first kappa shape index (κ1) is 11.2. The number of epoxide rings is 1. The van der Waals surface area contributed by atoms with E-state index in [9.17, 15) is 5.11 Å². The summed E-state index contributed by atoms with van der Waals surface area (Å²) in [7, 11) is -1.36. The molecule has 3 heteroatoms.